The Morgan fingerprint density at radius 2 is 2.14 bits per heavy atom. The van der Waals surface area contributed by atoms with E-state index >= 15 is 0 Å². The van der Waals surface area contributed by atoms with E-state index in [1.165, 1.54) is 0 Å². The van der Waals surface area contributed by atoms with Gasteiger partial charge in [0.05, 0.1) is 5.69 Å². The summed E-state index contributed by atoms with van der Waals surface area (Å²) in [6.07, 6.45) is 3.18. The fraction of sp³-hybridized carbons (Fsp3) is 0.375. The summed E-state index contributed by atoms with van der Waals surface area (Å²) >= 11 is 6.09. The molecule has 4 nitrogen and oxygen atoms in total. The second-order valence-corrected chi connectivity index (χ2v) is 5.84. The van der Waals surface area contributed by atoms with E-state index in [1.54, 1.807) is 0 Å². The lowest BCUT2D eigenvalue weighted by atomic mass is 10.1. The van der Waals surface area contributed by atoms with E-state index in [0.717, 1.165) is 48.6 Å². The predicted molar refractivity (Wildman–Crippen MR) is 84.0 cm³/mol. The predicted octanol–water partition coefficient (Wildman–Crippen LogP) is 3.74. The van der Waals surface area contributed by atoms with Gasteiger partial charge in [-0.15, -0.1) is 0 Å². The molecule has 2 heterocycles. The van der Waals surface area contributed by atoms with E-state index in [0.29, 0.717) is 10.7 Å². The summed E-state index contributed by atoms with van der Waals surface area (Å²) in [6, 6.07) is 5.50. The van der Waals surface area contributed by atoms with Gasteiger partial charge in [-0.05, 0) is 50.8 Å². The molecule has 5 heteroatoms. The third kappa shape index (κ3) is 2.56. The summed E-state index contributed by atoms with van der Waals surface area (Å²) in [5, 5.41) is 3.58. The van der Waals surface area contributed by atoms with Gasteiger partial charge < -0.3 is 9.88 Å². The maximum atomic E-state index is 12.5. The van der Waals surface area contributed by atoms with Gasteiger partial charge in [0.1, 0.15) is 11.5 Å². The van der Waals surface area contributed by atoms with Crippen LogP contribution in [0.3, 0.4) is 0 Å². The van der Waals surface area contributed by atoms with Crippen molar-refractivity contribution in [3.05, 3.63) is 46.0 Å². The van der Waals surface area contributed by atoms with Gasteiger partial charge in [0.2, 0.25) is 0 Å². The van der Waals surface area contributed by atoms with E-state index < -0.39 is 0 Å². The van der Waals surface area contributed by atoms with Crippen molar-refractivity contribution in [3.8, 4) is 0 Å². The standard InChI is InChI=1S/C16H18ClN3O/c1-10-12(17)6-5-7-13(10)19-16(21)15-14-8-3-4-9-20(14)11(2)18-15/h5-7H,3-4,8-9H2,1-2H3,(H,19,21). The second-order valence-electron chi connectivity index (χ2n) is 5.43. The lowest BCUT2D eigenvalue weighted by molar-refractivity contribution is 0.102. The third-order valence-corrected chi connectivity index (χ3v) is 4.45. The zero-order valence-electron chi connectivity index (χ0n) is 12.2. The van der Waals surface area contributed by atoms with Crippen molar-refractivity contribution in [2.75, 3.05) is 5.32 Å². The minimum absolute atomic E-state index is 0.154. The summed E-state index contributed by atoms with van der Waals surface area (Å²) in [6.45, 7) is 4.81. The van der Waals surface area contributed by atoms with Gasteiger partial charge in [0.25, 0.3) is 5.91 Å². The summed E-state index contributed by atoms with van der Waals surface area (Å²) in [7, 11) is 0. The molecular weight excluding hydrogens is 286 g/mol. The Bertz CT molecular complexity index is 706. The maximum absolute atomic E-state index is 12.5. The molecule has 0 radical (unpaired) electrons. The number of anilines is 1. The molecule has 0 bridgehead atoms. The Labute approximate surface area is 129 Å². The summed E-state index contributed by atoms with van der Waals surface area (Å²) < 4.78 is 2.16. The molecule has 0 unspecified atom stereocenters. The number of aryl methyl sites for hydroxylation is 1. The summed E-state index contributed by atoms with van der Waals surface area (Å²) in [4.78, 5) is 17.0. The lowest BCUT2D eigenvalue weighted by Crippen LogP contribution is -2.18. The first-order valence-corrected chi connectivity index (χ1v) is 7.58. The number of amides is 1. The molecule has 1 amide bonds. The second kappa shape index (κ2) is 5.53. The summed E-state index contributed by atoms with van der Waals surface area (Å²) in [5.41, 5.74) is 3.21. The van der Waals surface area contributed by atoms with Crippen molar-refractivity contribution in [1.82, 2.24) is 9.55 Å². The monoisotopic (exact) mass is 303 g/mol. The van der Waals surface area contributed by atoms with Crippen LogP contribution in [0.15, 0.2) is 18.2 Å². The fourth-order valence-electron chi connectivity index (χ4n) is 2.83. The minimum atomic E-state index is -0.154. The molecule has 1 aromatic heterocycles. The van der Waals surface area contributed by atoms with Crippen LogP contribution in [0.25, 0.3) is 0 Å². The van der Waals surface area contributed by atoms with E-state index in [9.17, 15) is 4.79 Å². The molecule has 1 N–H and O–H groups in total. The fourth-order valence-corrected chi connectivity index (χ4v) is 3.00. The first kappa shape index (κ1) is 14.1. The molecule has 21 heavy (non-hydrogen) atoms. The van der Waals surface area contributed by atoms with E-state index in [4.69, 9.17) is 11.6 Å². The molecule has 2 aromatic rings. The molecule has 110 valence electrons. The quantitative estimate of drug-likeness (QED) is 0.918. The van der Waals surface area contributed by atoms with Crippen LogP contribution in [0.4, 0.5) is 5.69 Å². The number of rotatable bonds is 2. The number of benzene rings is 1. The smallest absolute Gasteiger partial charge is 0.276 e. The molecule has 1 aliphatic rings. The van der Waals surface area contributed by atoms with Gasteiger partial charge in [0.15, 0.2) is 0 Å². The highest BCUT2D eigenvalue weighted by molar-refractivity contribution is 6.31. The normalized spacial score (nSPS) is 13.9. The SMILES string of the molecule is Cc1c(Cl)cccc1NC(=O)c1nc(C)n2c1CCCC2. The average molecular weight is 304 g/mol. The van der Waals surface area contributed by atoms with E-state index in [-0.39, 0.29) is 5.91 Å². The molecule has 0 fully saturated rings. The molecule has 0 spiro atoms. The van der Waals surface area contributed by atoms with Gasteiger partial charge in [-0.25, -0.2) is 4.98 Å². The van der Waals surface area contributed by atoms with Gasteiger partial charge in [-0.3, -0.25) is 4.79 Å². The van der Waals surface area contributed by atoms with Crippen molar-refractivity contribution < 1.29 is 4.79 Å². The summed E-state index contributed by atoms with van der Waals surface area (Å²) in [5.74, 6) is 0.761. The number of halogens is 1. The number of imidazole rings is 1. The van der Waals surface area contributed by atoms with Crippen LogP contribution in [0.5, 0.6) is 0 Å². The van der Waals surface area contributed by atoms with Crippen LogP contribution in [0, 0.1) is 13.8 Å². The molecular formula is C16H18ClN3O. The topological polar surface area (TPSA) is 46.9 Å². The van der Waals surface area contributed by atoms with Gasteiger partial charge in [-0.2, -0.15) is 0 Å². The molecule has 0 atom stereocenters. The highest BCUT2D eigenvalue weighted by Gasteiger charge is 2.23. The van der Waals surface area contributed by atoms with Crippen LogP contribution in [-0.2, 0) is 13.0 Å². The number of carbonyl (C=O) groups is 1. The average Bonchev–Trinajstić information content (AvgIpc) is 2.82. The van der Waals surface area contributed by atoms with E-state index in [1.807, 2.05) is 32.0 Å². The Kier molecular flexibility index (Phi) is 3.72. The first-order chi connectivity index (χ1) is 10.1. The lowest BCUT2D eigenvalue weighted by Gasteiger charge is -2.16. The van der Waals surface area contributed by atoms with Crippen molar-refractivity contribution in [2.45, 2.75) is 39.7 Å². The van der Waals surface area contributed by atoms with Gasteiger partial charge >= 0.3 is 0 Å². The van der Waals surface area contributed by atoms with Gasteiger partial charge in [0, 0.05) is 17.3 Å². The van der Waals surface area contributed by atoms with Crippen LogP contribution >= 0.6 is 11.6 Å². The zero-order chi connectivity index (χ0) is 15.0. The van der Waals surface area contributed by atoms with Crippen LogP contribution in [0.1, 0.15) is 40.4 Å². The number of carbonyl (C=O) groups excluding carboxylic acids is 1. The Morgan fingerprint density at radius 3 is 2.95 bits per heavy atom. The molecule has 1 aliphatic heterocycles. The molecule has 0 aliphatic carbocycles. The van der Waals surface area contributed by atoms with Crippen LogP contribution in [0.2, 0.25) is 5.02 Å². The Morgan fingerprint density at radius 1 is 1.33 bits per heavy atom. The molecule has 0 saturated carbocycles. The largest absolute Gasteiger partial charge is 0.331 e. The van der Waals surface area contributed by atoms with Crippen LogP contribution in [-0.4, -0.2) is 15.5 Å². The van der Waals surface area contributed by atoms with Crippen LogP contribution < -0.4 is 5.32 Å². The molecule has 3 rings (SSSR count). The van der Waals surface area contributed by atoms with Gasteiger partial charge in [-0.1, -0.05) is 17.7 Å². The number of hydrogen-bond acceptors (Lipinski definition) is 2. The number of hydrogen-bond donors (Lipinski definition) is 1. The molecule has 1 aromatic carbocycles. The number of aromatic nitrogens is 2. The number of nitrogens with one attached hydrogen (secondary N) is 1. The first-order valence-electron chi connectivity index (χ1n) is 7.20. The molecule has 0 saturated heterocycles. The van der Waals surface area contributed by atoms with Crippen molar-refractivity contribution in [2.24, 2.45) is 0 Å². The Hall–Kier alpha value is -1.81. The third-order valence-electron chi connectivity index (χ3n) is 4.04. The highest BCUT2D eigenvalue weighted by atomic mass is 35.5. The zero-order valence-corrected chi connectivity index (χ0v) is 13.0. The highest BCUT2D eigenvalue weighted by Crippen LogP contribution is 2.25. The van der Waals surface area contributed by atoms with Crippen molar-refractivity contribution >= 4 is 23.2 Å². The number of fused-ring (bicyclic) bond motifs is 1. The van der Waals surface area contributed by atoms with Crippen molar-refractivity contribution in [3.63, 3.8) is 0 Å². The minimum Gasteiger partial charge on any atom is -0.331 e. The maximum Gasteiger partial charge on any atom is 0.276 e. The van der Waals surface area contributed by atoms with Crippen molar-refractivity contribution in [1.29, 1.82) is 0 Å². The Balaban J connectivity index is 1.91. The van der Waals surface area contributed by atoms with E-state index in [2.05, 4.69) is 14.9 Å². The number of nitrogens with zero attached hydrogens (tertiary/aromatic N) is 2.